The topological polar surface area (TPSA) is 43.8 Å². The lowest BCUT2D eigenvalue weighted by Gasteiger charge is -2.12. The van der Waals surface area contributed by atoms with E-state index in [1.807, 2.05) is 12.1 Å². The molecule has 0 atom stereocenters. The van der Waals surface area contributed by atoms with Crippen molar-refractivity contribution < 1.29 is 0 Å². The van der Waals surface area contributed by atoms with E-state index in [-0.39, 0.29) is 0 Å². The molecule has 3 aromatic rings. The fourth-order valence-electron chi connectivity index (χ4n) is 2.68. The van der Waals surface area contributed by atoms with E-state index in [2.05, 4.69) is 48.7 Å². The number of nitrogens with zero attached hydrogens (tertiary/aromatic N) is 2. The number of nitrogen functional groups attached to an aromatic ring is 1. The molecule has 0 amide bonds. The third-order valence-corrected chi connectivity index (χ3v) is 3.68. The number of benzene rings is 2. The maximum atomic E-state index is 5.87. The molecule has 102 valence electrons. The van der Waals surface area contributed by atoms with Crippen molar-refractivity contribution in [3.63, 3.8) is 0 Å². The number of hydrogen-bond acceptors (Lipinski definition) is 2. The van der Waals surface area contributed by atoms with Crippen LogP contribution < -0.4 is 5.73 Å². The van der Waals surface area contributed by atoms with Gasteiger partial charge in [-0.05, 0) is 36.2 Å². The van der Waals surface area contributed by atoms with Crippen LogP contribution in [0.3, 0.4) is 0 Å². The summed E-state index contributed by atoms with van der Waals surface area (Å²) >= 11 is 0. The molecule has 1 heterocycles. The quantitative estimate of drug-likeness (QED) is 0.733. The van der Waals surface area contributed by atoms with Crippen LogP contribution in [0.1, 0.15) is 25.2 Å². The van der Waals surface area contributed by atoms with E-state index >= 15 is 0 Å². The van der Waals surface area contributed by atoms with Gasteiger partial charge in [0, 0.05) is 12.1 Å². The molecule has 3 rings (SSSR count). The number of imidazole rings is 1. The van der Waals surface area contributed by atoms with Gasteiger partial charge in [-0.25, -0.2) is 4.98 Å². The van der Waals surface area contributed by atoms with Gasteiger partial charge in [0.15, 0.2) is 0 Å². The number of aromatic nitrogens is 2. The predicted octanol–water partition coefficient (Wildman–Crippen LogP) is 3.73. The van der Waals surface area contributed by atoms with Gasteiger partial charge in [0.25, 0.3) is 0 Å². The second-order valence-corrected chi connectivity index (χ2v) is 4.95. The van der Waals surface area contributed by atoms with Crippen LogP contribution in [0.15, 0.2) is 42.5 Å². The minimum Gasteiger partial charge on any atom is -0.399 e. The Morgan fingerprint density at radius 3 is 2.60 bits per heavy atom. The molecule has 0 aliphatic rings. The smallest absolute Gasteiger partial charge is 0.114 e. The number of rotatable bonds is 3. The summed E-state index contributed by atoms with van der Waals surface area (Å²) in [4.78, 5) is 4.73. The minimum absolute atomic E-state index is 0.758. The third kappa shape index (κ3) is 1.95. The molecule has 3 heteroatoms. The van der Waals surface area contributed by atoms with Crippen LogP contribution in [0.25, 0.3) is 16.7 Å². The summed E-state index contributed by atoms with van der Waals surface area (Å²) in [5.74, 6) is 1.08. The SMILES string of the molecule is CCc1ccccc1-n1c(CC)nc2cc(N)ccc21. The molecule has 2 aromatic carbocycles. The number of aryl methyl sites for hydroxylation is 2. The highest BCUT2D eigenvalue weighted by Gasteiger charge is 2.13. The molecule has 0 bridgehead atoms. The van der Waals surface area contributed by atoms with Gasteiger partial charge in [-0.15, -0.1) is 0 Å². The predicted molar refractivity (Wildman–Crippen MR) is 84.2 cm³/mol. The second-order valence-electron chi connectivity index (χ2n) is 4.95. The van der Waals surface area contributed by atoms with Crippen molar-refractivity contribution in [3.8, 4) is 5.69 Å². The van der Waals surface area contributed by atoms with E-state index in [9.17, 15) is 0 Å². The maximum Gasteiger partial charge on any atom is 0.114 e. The number of anilines is 1. The Morgan fingerprint density at radius 2 is 1.85 bits per heavy atom. The lowest BCUT2D eigenvalue weighted by molar-refractivity contribution is 0.895. The van der Waals surface area contributed by atoms with Gasteiger partial charge in [0.2, 0.25) is 0 Å². The zero-order valence-corrected chi connectivity index (χ0v) is 11.9. The molecule has 0 unspecified atom stereocenters. The van der Waals surface area contributed by atoms with Gasteiger partial charge >= 0.3 is 0 Å². The Hall–Kier alpha value is -2.29. The summed E-state index contributed by atoms with van der Waals surface area (Å²) in [6.07, 6.45) is 1.90. The largest absolute Gasteiger partial charge is 0.399 e. The fourth-order valence-corrected chi connectivity index (χ4v) is 2.68. The highest BCUT2D eigenvalue weighted by atomic mass is 15.1. The molecule has 1 aromatic heterocycles. The molecule has 20 heavy (non-hydrogen) atoms. The molecule has 0 saturated heterocycles. The molecule has 0 radical (unpaired) electrons. The van der Waals surface area contributed by atoms with Crippen LogP contribution in [0, 0.1) is 0 Å². The van der Waals surface area contributed by atoms with Crippen LogP contribution in [-0.2, 0) is 12.8 Å². The van der Waals surface area contributed by atoms with Crippen molar-refractivity contribution >= 4 is 16.7 Å². The van der Waals surface area contributed by atoms with E-state index < -0.39 is 0 Å². The Labute approximate surface area is 119 Å². The van der Waals surface area contributed by atoms with Crippen LogP contribution >= 0.6 is 0 Å². The number of nitrogens with two attached hydrogens (primary N) is 1. The average Bonchev–Trinajstić information content (AvgIpc) is 2.84. The molecule has 0 aliphatic heterocycles. The van der Waals surface area contributed by atoms with Gasteiger partial charge in [0.1, 0.15) is 5.82 Å². The summed E-state index contributed by atoms with van der Waals surface area (Å²) in [6, 6.07) is 14.5. The minimum atomic E-state index is 0.758. The first-order valence-electron chi connectivity index (χ1n) is 7.09. The van der Waals surface area contributed by atoms with Crippen molar-refractivity contribution in [3.05, 3.63) is 53.9 Å². The van der Waals surface area contributed by atoms with E-state index in [0.717, 1.165) is 35.4 Å². The van der Waals surface area contributed by atoms with Crippen LogP contribution in [0.4, 0.5) is 5.69 Å². The fraction of sp³-hybridized carbons (Fsp3) is 0.235. The van der Waals surface area contributed by atoms with Crippen LogP contribution in [0.5, 0.6) is 0 Å². The second kappa shape index (κ2) is 5.00. The zero-order chi connectivity index (χ0) is 14.1. The van der Waals surface area contributed by atoms with Crippen molar-refractivity contribution in [2.24, 2.45) is 0 Å². The van der Waals surface area contributed by atoms with Crippen LogP contribution in [-0.4, -0.2) is 9.55 Å². The Bertz CT molecular complexity index is 756. The summed E-state index contributed by atoms with van der Waals surface area (Å²) in [6.45, 7) is 4.32. The van der Waals surface area contributed by atoms with Gasteiger partial charge in [-0.2, -0.15) is 0 Å². The van der Waals surface area contributed by atoms with Crippen LogP contribution in [0.2, 0.25) is 0 Å². The number of hydrogen-bond donors (Lipinski definition) is 1. The lowest BCUT2D eigenvalue weighted by Crippen LogP contribution is -2.03. The molecule has 0 aliphatic carbocycles. The molecule has 0 saturated carbocycles. The monoisotopic (exact) mass is 265 g/mol. The Balaban J connectivity index is 2.34. The summed E-state index contributed by atoms with van der Waals surface area (Å²) in [5.41, 5.74) is 11.3. The average molecular weight is 265 g/mol. The summed E-state index contributed by atoms with van der Waals surface area (Å²) in [5, 5.41) is 0. The third-order valence-electron chi connectivity index (χ3n) is 3.68. The van der Waals surface area contributed by atoms with E-state index in [4.69, 9.17) is 10.7 Å². The van der Waals surface area contributed by atoms with Gasteiger partial charge in [0.05, 0.1) is 16.7 Å². The van der Waals surface area contributed by atoms with Crippen molar-refractivity contribution in [1.29, 1.82) is 0 Å². The van der Waals surface area contributed by atoms with E-state index in [0.29, 0.717) is 0 Å². The Morgan fingerprint density at radius 1 is 1.05 bits per heavy atom. The lowest BCUT2D eigenvalue weighted by atomic mass is 10.1. The first-order valence-corrected chi connectivity index (χ1v) is 7.09. The first-order chi connectivity index (χ1) is 9.74. The highest BCUT2D eigenvalue weighted by Crippen LogP contribution is 2.26. The molecule has 2 N–H and O–H groups in total. The van der Waals surface area contributed by atoms with Crippen molar-refractivity contribution in [2.45, 2.75) is 26.7 Å². The molecular weight excluding hydrogens is 246 g/mol. The molecule has 0 spiro atoms. The summed E-state index contributed by atoms with van der Waals surface area (Å²) in [7, 11) is 0. The van der Waals surface area contributed by atoms with Gasteiger partial charge in [-0.1, -0.05) is 32.0 Å². The first kappa shape index (κ1) is 12.7. The summed E-state index contributed by atoms with van der Waals surface area (Å²) < 4.78 is 2.26. The van der Waals surface area contributed by atoms with E-state index in [1.165, 1.54) is 11.3 Å². The van der Waals surface area contributed by atoms with E-state index in [1.54, 1.807) is 0 Å². The number of para-hydroxylation sites is 1. The maximum absolute atomic E-state index is 5.87. The molecule has 0 fully saturated rings. The standard InChI is InChI=1S/C17H19N3/c1-3-12-7-5-6-8-15(12)20-16-10-9-13(18)11-14(16)19-17(20)4-2/h5-11H,3-4,18H2,1-2H3. The molecular formula is C17H19N3. The Kier molecular flexibility index (Phi) is 3.18. The highest BCUT2D eigenvalue weighted by molar-refractivity contribution is 5.81. The van der Waals surface area contributed by atoms with Gasteiger partial charge in [-0.3, -0.25) is 4.57 Å². The number of fused-ring (bicyclic) bond motifs is 1. The van der Waals surface area contributed by atoms with Gasteiger partial charge < -0.3 is 5.73 Å². The van der Waals surface area contributed by atoms with Crippen molar-refractivity contribution in [2.75, 3.05) is 5.73 Å². The normalized spacial score (nSPS) is 11.1. The zero-order valence-electron chi connectivity index (χ0n) is 11.9. The molecule has 3 nitrogen and oxygen atoms in total. The van der Waals surface area contributed by atoms with Crippen molar-refractivity contribution in [1.82, 2.24) is 9.55 Å².